The number of esters is 2. The Morgan fingerprint density at radius 3 is 2.64 bits per heavy atom. The van der Waals surface area contributed by atoms with Crippen molar-refractivity contribution < 1.29 is 19.1 Å². The minimum absolute atomic E-state index is 0.203. The second kappa shape index (κ2) is 6.56. The van der Waals surface area contributed by atoms with Gasteiger partial charge >= 0.3 is 11.9 Å². The van der Waals surface area contributed by atoms with Crippen LogP contribution >= 0.6 is 0 Å². The summed E-state index contributed by atoms with van der Waals surface area (Å²) < 4.78 is 9.92. The predicted octanol–water partition coefficient (Wildman–Crippen LogP) is 2.50. The third-order valence-corrected chi connectivity index (χ3v) is 3.28. The van der Waals surface area contributed by atoms with Crippen molar-refractivity contribution in [3.05, 3.63) is 48.0 Å². The number of nitrogens with zero attached hydrogens (tertiary/aromatic N) is 1. The summed E-state index contributed by atoms with van der Waals surface area (Å²) in [5.41, 5.74) is -0.444. The standard InChI is InChI=1S/C17H19NO4/c1-12(2)11-17(10-9-14(19)21-3)16(20)22-15(18-17)13-7-5-4-6-8-13/h4-10,12H,11H2,1-3H3/b10-9+. The van der Waals surface area contributed by atoms with Gasteiger partial charge in [0, 0.05) is 11.6 Å². The summed E-state index contributed by atoms with van der Waals surface area (Å²) in [5, 5.41) is 0. The molecule has 116 valence electrons. The van der Waals surface area contributed by atoms with Crippen molar-refractivity contribution in [2.45, 2.75) is 25.8 Å². The first-order valence-corrected chi connectivity index (χ1v) is 7.11. The Morgan fingerprint density at radius 2 is 2.05 bits per heavy atom. The zero-order valence-electron chi connectivity index (χ0n) is 12.9. The average molecular weight is 301 g/mol. The van der Waals surface area contributed by atoms with E-state index in [-0.39, 0.29) is 11.8 Å². The number of benzene rings is 1. The number of carbonyl (C=O) groups is 2. The van der Waals surface area contributed by atoms with Crippen LogP contribution in [-0.4, -0.2) is 30.5 Å². The van der Waals surface area contributed by atoms with Gasteiger partial charge in [-0.3, -0.25) is 0 Å². The number of carbonyl (C=O) groups excluding carboxylic acids is 2. The first kappa shape index (κ1) is 15.9. The lowest BCUT2D eigenvalue weighted by Gasteiger charge is -2.19. The second-order valence-corrected chi connectivity index (χ2v) is 5.55. The van der Waals surface area contributed by atoms with E-state index in [1.54, 1.807) is 0 Å². The van der Waals surface area contributed by atoms with Crippen molar-refractivity contribution in [3.63, 3.8) is 0 Å². The average Bonchev–Trinajstić information content (AvgIpc) is 2.82. The molecule has 2 rings (SSSR count). The fourth-order valence-corrected chi connectivity index (χ4v) is 2.33. The van der Waals surface area contributed by atoms with Crippen molar-refractivity contribution in [2.24, 2.45) is 10.9 Å². The monoisotopic (exact) mass is 301 g/mol. The Bertz CT molecular complexity index is 619. The van der Waals surface area contributed by atoms with Gasteiger partial charge in [-0.25, -0.2) is 14.6 Å². The third-order valence-electron chi connectivity index (χ3n) is 3.28. The molecule has 0 radical (unpaired) electrons. The Labute approximate surface area is 129 Å². The van der Waals surface area contributed by atoms with Crippen LogP contribution in [-0.2, 0) is 19.1 Å². The van der Waals surface area contributed by atoms with Crippen LogP contribution in [0.25, 0.3) is 0 Å². The number of hydrogen-bond acceptors (Lipinski definition) is 5. The number of rotatable bonds is 5. The SMILES string of the molecule is COC(=O)/C=C/C1(CC(C)C)N=C(c2ccccc2)OC1=O. The first-order chi connectivity index (χ1) is 10.5. The van der Waals surface area contributed by atoms with Crippen molar-refractivity contribution in [1.82, 2.24) is 0 Å². The van der Waals surface area contributed by atoms with Gasteiger partial charge in [0.05, 0.1) is 7.11 Å². The minimum Gasteiger partial charge on any atom is -0.466 e. The molecule has 1 aromatic carbocycles. The van der Waals surface area contributed by atoms with E-state index >= 15 is 0 Å². The molecule has 1 unspecified atom stereocenters. The molecule has 1 aliphatic heterocycles. The number of hydrogen-bond donors (Lipinski definition) is 0. The highest BCUT2D eigenvalue weighted by atomic mass is 16.6. The summed E-state index contributed by atoms with van der Waals surface area (Å²) in [6.07, 6.45) is 3.15. The third kappa shape index (κ3) is 3.42. The highest BCUT2D eigenvalue weighted by Crippen LogP contribution is 2.31. The predicted molar refractivity (Wildman–Crippen MR) is 82.4 cm³/mol. The molecular weight excluding hydrogens is 282 g/mol. The van der Waals surface area contributed by atoms with E-state index in [4.69, 9.17) is 4.74 Å². The molecule has 0 saturated heterocycles. The highest BCUT2D eigenvalue weighted by molar-refractivity contribution is 6.09. The maximum Gasteiger partial charge on any atom is 0.344 e. The van der Waals surface area contributed by atoms with Crippen LogP contribution < -0.4 is 0 Å². The van der Waals surface area contributed by atoms with Crippen molar-refractivity contribution in [1.29, 1.82) is 0 Å². The summed E-state index contributed by atoms with van der Waals surface area (Å²) in [7, 11) is 1.29. The topological polar surface area (TPSA) is 65.0 Å². The minimum atomic E-state index is -1.17. The van der Waals surface area contributed by atoms with E-state index < -0.39 is 17.5 Å². The maximum absolute atomic E-state index is 12.4. The molecule has 5 nitrogen and oxygen atoms in total. The Balaban J connectivity index is 2.39. The van der Waals surface area contributed by atoms with E-state index in [9.17, 15) is 9.59 Å². The van der Waals surface area contributed by atoms with Gasteiger partial charge in [-0.05, 0) is 30.5 Å². The van der Waals surface area contributed by atoms with Gasteiger partial charge in [0.25, 0.3) is 0 Å². The zero-order valence-corrected chi connectivity index (χ0v) is 12.9. The fraction of sp³-hybridized carbons (Fsp3) is 0.353. The molecular formula is C17H19NO4. The maximum atomic E-state index is 12.4. The molecule has 1 aliphatic rings. The molecule has 0 amide bonds. The van der Waals surface area contributed by atoms with Gasteiger partial charge in [0.1, 0.15) is 0 Å². The summed E-state index contributed by atoms with van der Waals surface area (Å²) >= 11 is 0. The van der Waals surface area contributed by atoms with Crippen molar-refractivity contribution in [2.75, 3.05) is 7.11 Å². The van der Waals surface area contributed by atoms with Crippen LogP contribution in [0.2, 0.25) is 0 Å². The summed E-state index contributed by atoms with van der Waals surface area (Å²) in [4.78, 5) is 28.2. The van der Waals surface area contributed by atoms with Gasteiger partial charge in [-0.2, -0.15) is 0 Å². The summed E-state index contributed by atoms with van der Waals surface area (Å²) in [6.45, 7) is 3.97. The number of ether oxygens (including phenoxy) is 2. The van der Waals surface area contributed by atoms with E-state index in [1.807, 2.05) is 44.2 Å². The molecule has 22 heavy (non-hydrogen) atoms. The van der Waals surface area contributed by atoms with Gasteiger partial charge in [0.2, 0.25) is 5.90 Å². The Kier molecular flexibility index (Phi) is 4.75. The van der Waals surface area contributed by atoms with Crippen LogP contribution in [0.5, 0.6) is 0 Å². The van der Waals surface area contributed by atoms with Gasteiger partial charge in [-0.15, -0.1) is 0 Å². The number of aliphatic imine (C=N–C) groups is 1. The van der Waals surface area contributed by atoms with E-state index in [0.29, 0.717) is 6.42 Å². The largest absolute Gasteiger partial charge is 0.466 e. The van der Waals surface area contributed by atoms with E-state index in [2.05, 4.69) is 9.73 Å². The second-order valence-electron chi connectivity index (χ2n) is 5.55. The Hall–Kier alpha value is -2.43. The van der Waals surface area contributed by atoms with Crippen LogP contribution in [0.3, 0.4) is 0 Å². The number of methoxy groups -OCH3 is 1. The zero-order chi connectivity index (χ0) is 16.2. The van der Waals surface area contributed by atoms with Crippen molar-refractivity contribution in [3.8, 4) is 0 Å². The lowest BCUT2D eigenvalue weighted by Crippen LogP contribution is -2.33. The van der Waals surface area contributed by atoms with Crippen LogP contribution in [0, 0.1) is 5.92 Å². The molecule has 0 bridgehead atoms. The smallest absolute Gasteiger partial charge is 0.344 e. The molecule has 0 saturated carbocycles. The van der Waals surface area contributed by atoms with Gasteiger partial charge in [-0.1, -0.05) is 32.0 Å². The molecule has 1 heterocycles. The summed E-state index contributed by atoms with van der Waals surface area (Å²) in [6, 6.07) is 9.21. The van der Waals surface area contributed by atoms with Crippen LogP contribution in [0.4, 0.5) is 0 Å². The molecule has 0 aliphatic carbocycles. The van der Waals surface area contributed by atoms with E-state index in [1.165, 1.54) is 19.3 Å². The molecule has 1 atom stereocenters. The molecule has 0 aromatic heterocycles. The highest BCUT2D eigenvalue weighted by Gasteiger charge is 2.44. The number of cyclic esters (lactones) is 1. The van der Waals surface area contributed by atoms with Crippen LogP contribution in [0.15, 0.2) is 47.5 Å². The van der Waals surface area contributed by atoms with Crippen molar-refractivity contribution >= 4 is 17.8 Å². The lowest BCUT2D eigenvalue weighted by molar-refractivity contribution is -0.137. The molecule has 0 spiro atoms. The lowest BCUT2D eigenvalue weighted by atomic mass is 9.89. The van der Waals surface area contributed by atoms with Gasteiger partial charge in [0.15, 0.2) is 5.54 Å². The molecule has 1 aromatic rings. The molecule has 5 heteroatoms. The Morgan fingerprint density at radius 1 is 1.36 bits per heavy atom. The normalized spacial score (nSPS) is 21.1. The fourth-order valence-electron chi connectivity index (χ4n) is 2.33. The quantitative estimate of drug-likeness (QED) is 0.619. The summed E-state index contributed by atoms with van der Waals surface area (Å²) in [5.74, 6) is -0.519. The van der Waals surface area contributed by atoms with E-state index in [0.717, 1.165) is 5.56 Å². The molecule has 0 fully saturated rings. The van der Waals surface area contributed by atoms with Gasteiger partial charge < -0.3 is 9.47 Å². The van der Waals surface area contributed by atoms with Crippen LogP contribution in [0.1, 0.15) is 25.8 Å². The first-order valence-electron chi connectivity index (χ1n) is 7.11. The molecule has 0 N–H and O–H groups in total.